The molecule has 0 aliphatic heterocycles. The Morgan fingerprint density at radius 3 is 1.25 bits per heavy atom. The summed E-state index contributed by atoms with van der Waals surface area (Å²) >= 11 is 0. The smallest absolute Gasteiger partial charge is 0.223 e. The molecule has 14 heteroatoms. The fourth-order valence-corrected chi connectivity index (χ4v) is 9.82. The molecule has 2 aliphatic carbocycles. The van der Waals surface area contributed by atoms with E-state index in [0.717, 1.165) is 22.3 Å². The molecule has 0 saturated carbocycles. The first kappa shape index (κ1) is 32.9. The third kappa shape index (κ3) is 4.63. The molecule has 2 unspecified atom stereocenters. The third-order valence-electron chi connectivity index (χ3n) is 9.63. The molecule has 0 aromatic heterocycles. The minimum atomic E-state index is -4.33. The molecular formula is C34H34N8O4S2. The van der Waals surface area contributed by atoms with E-state index in [-0.39, 0.29) is 35.7 Å². The second-order valence-corrected chi connectivity index (χ2v) is 15.7. The van der Waals surface area contributed by atoms with Crippen LogP contribution in [0.5, 0.6) is 0 Å². The molecule has 0 bridgehead atoms. The van der Waals surface area contributed by atoms with Gasteiger partial charge < -0.3 is 11.7 Å². The molecular weight excluding hydrogens is 649 g/mol. The van der Waals surface area contributed by atoms with E-state index in [1.54, 1.807) is 84.9 Å². The van der Waals surface area contributed by atoms with Crippen LogP contribution >= 0.6 is 0 Å². The van der Waals surface area contributed by atoms with Gasteiger partial charge in [-0.2, -0.15) is 10.2 Å². The number of primary sulfonamides is 2. The van der Waals surface area contributed by atoms with Crippen molar-refractivity contribution in [1.29, 1.82) is 10.8 Å². The lowest BCUT2D eigenvalue weighted by atomic mass is 9.75. The van der Waals surface area contributed by atoms with Crippen molar-refractivity contribution >= 4 is 42.9 Å². The Balaban J connectivity index is 1.51. The maximum Gasteiger partial charge on any atom is 0.223 e. The molecule has 0 spiro atoms. The van der Waals surface area contributed by atoms with Crippen molar-refractivity contribution in [2.24, 2.45) is 32.2 Å². The highest BCUT2D eigenvalue weighted by Gasteiger charge is 2.52. The number of nitrogens with two attached hydrogens (primary N) is 4. The molecule has 4 aromatic rings. The molecule has 0 heterocycles. The van der Waals surface area contributed by atoms with E-state index in [9.17, 15) is 16.8 Å². The first-order valence-electron chi connectivity index (χ1n) is 14.8. The summed E-state index contributed by atoms with van der Waals surface area (Å²) in [6, 6.07) is 23.9. The molecule has 12 nitrogen and oxygen atoms in total. The topological polar surface area (TPSA) is 245 Å². The average molecular weight is 683 g/mol. The van der Waals surface area contributed by atoms with Gasteiger partial charge in [0.15, 0.2) is 0 Å². The summed E-state index contributed by atoms with van der Waals surface area (Å²) in [4.78, 5) is 0. The van der Waals surface area contributed by atoms with Gasteiger partial charge in [0.1, 0.15) is 9.49 Å². The number of hydrogen-bond donors (Lipinski definition) is 6. The van der Waals surface area contributed by atoms with Crippen LogP contribution in [0.2, 0.25) is 0 Å². The van der Waals surface area contributed by atoms with Gasteiger partial charge in [0.2, 0.25) is 20.0 Å². The van der Waals surface area contributed by atoms with Crippen molar-refractivity contribution < 1.29 is 16.8 Å². The summed E-state index contributed by atoms with van der Waals surface area (Å²) in [6.07, 6.45) is -0.430. The van der Waals surface area contributed by atoms with E-state index in [1.165, 1.54) is 0 Å². The zero-order valence-electron chi connectivity index (χ0n) is 26.2. The lowest BCUT2D eigenvalue weighted by Gasteiger charge is -2.38. The molecule has 2 atom stereocenters. The number of aryl methyl sites for hydroxylation is 2. The predicted octanol–water partition coefficient (Wildman–Crippen LogP) is 3.21. The van der Waals surface area contributed by atoms with Gasteiger partial charge in [-0.25, -0.2) is 27.1 Å². The van der Waals surface area contributed by atoms with Gasteiger partial charge in [-0.15, -0.1) is 0 Å². The highest BCUT2D eigenvalue weighted by atomic mass is 32.2. The van der Waals surface area contributed by atoms with Crippen molar-refractivity contribution in [3.05, 3.63) is 129 Å². The van der Waals surface area contributed by atoms with Crippen LogP contribution in [0.1, 0.15) is 57.3 Å². The van der Waals surface area contributed by atoms with E-state index in [2.05, 4.69) is 10.2 Å². The van der Waals surface area contributed by atoms with E-state index >= 15 is 0 Å². The molecule has 0 saturated heterocycles. The van der Waals surface area contributed by atoms with Gasteiger partial charge >= 0.3 is 0 Å². The van der Waals surface area contributed by atoms with Gasteiger partial charge in [0, 0.05) is 24.0 Å². The fraction of sp³-hybridized carbons (Fsp3) is 0.176. The van der Waals surface area contributed by atoms with Crippen LogP contribution in [0.25, 0.3) is 11.1 Å². The maximum atomic E-state index is 13.5. The Morgan fingerprint density at radius 1 is 0.583 bits per heavy atom. The van der Waals surface area contributed by atoms with E-state index < -0.39 is 29.5 Å². The van der Waals surface area contributed by atoms with Crippen molar-refractivity contribution in [2.75, 3.05) is 0 Å². The van der Waals surface area contributed by atoms with Crippen LogP contribution in [0.4, 0.5) is 0 Å². The maximum absolute atomic E-state index is 13.5. The number of fused-ring (bicyclic) bond motifs is 2. The number of rotatable bonds is 5. The highest BCUT2D eigenvalue weighted by molar-refractivity contribution is 7.90. The lowest BCUT2D eigenvalue weighted by Crippen LogP contribution is -2.49. The number of nitrogens with one attached hydrogen (secondary N) is 2. The van der Waals surface area contributed by atoms with E-state index in [4.69, 9.17) is 32.8 Å². The van der Waals surface area contributed by atoms with Gasteiger partial charge in [-0.3, -0.25) is 10.8 Å². The van der Waals surface area contributed by atoms with Gasteiger partial charge in [-0.05, 0) is 58.4 Å². The Bertz CT molecular complexity index is 2190. The Hall–Kier alpha value is -5.02. The summed E-state index contributed by atoms with van der Waals surface area (Å²) in [5.74, 6) is 11.3. The molecule has 0 radical (unpaired) electrons. The van der Waals surface area contributed by atoms with Crippen LogP contribution in [-0.2, 0) is 29.5 Å². The van der Waals surface area contributed by atoms with Crippen molar-refractivity contribution in [3.8, 4) is 11.1 Å². The molecule has 48 heavy (non-hydrogen) atoms. The lowest BCUT2D eigenvalue weighted by molar-refractivity contribution is 0.556. The summed E-state index contributed by atoms with van der Waals surface area (Å²) in [7, 11) is -8.66. The van der Waals surface area contributed by atoms with Crippen molar-refractivity contribution in [1.82, 2.24) is 0 Å². The number of sulfonamides is 2. The van der Waals surface area contributed by atoms with Crippen LogP contribution in [-0.4, -0.2) is 39.7 Å². The summed E-state index contributed by atoms with van der Waals surface area (Å²) < 4.78 is 50.6. The molecule has 6 rings (SSSR count). The van der Waals surface area contributed by atoms with Gasteiger partial charge in [0.05, 0.1) is 22.8 Å². The van der Waals surface area contributed by atoms with Gasteiger partial charge in [0.25, 0.3) is 0 Å². The van der Waals surface area contributed by atoms with E-state index in [0.29, 0.717) is 33.4 Å². The fourth-order valence-electron chi connectivity index (χ4n) is 7.26. The largest absolute Gasteiger partial charge is 0.323 e. The Kier molecular flexibility index (Phi) is 7.75. The normalized spacial score (nSPS) is 22.8. The second kappa shape index (κ2) is 11.3. The van der Waals surface area contributed by atoms with Crippen LogP contribution in [0, 0.1) is 24.7 Å². The van der Waals surface area contributed by atoms with Gasteiger partial charge in [-0.1, -0.05) is 84.9 Å². The minimum absolute atomic E-state index is 0.0379. The monoisotopic (exact) mass is 682 g/mol. The quantitative estimate of drug-likeness (QED) is 0.136. The van der Waals surface area contributed by atoms with Crippen LogP contribution in [0.3, 0.4) is 0 Å². The second-order valence-electron chi connectivity index (χ2n) is 12.1. The molecule has 10 N–H and O–H groups in total. The zero-order valence-corrected chi connectivity index (χ0v) is 27.8. The third-order valence-corrected chi connectivity index (χ3v) is 12.8. The molecule has 0 amide bonds. The first-order chi connectivity index (χ1) is 22.6. The summed E-state index contributed by atoms with van der Waals surface area (Å²) in [6.45, 7) is 3.69. The number of hydrogen-bond acceptors (Lipinski definition) is 10. The summed E-state index contributed by atoms with van der Waals surface area (Å²) in [5.41, 5.74) is 5.58. The molecule has 246 valence electrons. The molecule has 0 fully saturated rings. The molecule has 4 aromatic carbocycles. The van der Waals surface area contributed by atoms with Crippen LogP contribution in [0.15, 0.2) is 95.1 Å². The van der Waals surface area contributed by atoms with Crippen molar-refractivity contribution in [2.45, 2.75) is 36.2 Å². The average Bonchev–Trinajstić information content (AvgIpc) is 3.04. The Labute approximate surface area is 278 Å². The molecule has 2 aliphatic rings. The number of nitrogens with zero attached hydrogens (tertiary/aromatic N) is 2. The Morgan fingerprint density at radius 2 is 0.938 bits per heavy atom. The summed E-state index contributed by atoms with van der Waals surface area (Å²) in [5, 5.41) is 36.7. The number of benzene rings is 4. The zero-order chi connectivity index (χ0) is 34.8. The minimum Gasteiger partial charge on any atom is -0.323 e. The predicted molar refractivity (Wildman–Crippen MR) is 188 cm³/mol. The number of hydrazone groups is 2. The van der Waals surface area contributed by atoms with Crippen molar-refractivity contribution in [3.63, 3.8) is 0 Å². The van der Waals surface area contributed by atoms with Crippen LogP contribution < -0.4 is 22.0 Å². The van der Waals surface area contributed by atoms with E-state index in [1.807, 2.05) is 13.8 Å². The standard InChI is InChI=1S/C34H34N8O4S2/c1-19-15-21(33(47(39,43)44)17-29(41-37)31(35)25-7-3-5-9-27(25)33)11-13-23(19)24-14-12-22(16-20(24)2)34(48(40,45)46)18-30(42-38)32(36)26-8-4-6-10-28(26)34/h3-16,35-36H,17-18,37-38H2,1-2H3,(H2,39,43,44)(H2,40,45,46)/b35-31?,36-32?,41-29-,42-30+. The highest BCUT2D eigenvalue weighted by Crippen LogP contribution is 2.48. The SMILES string of the molecule is Cc1cc(C2(S(N)(=O)=O)C/C(=N/N)C(=N)c3ccccc32)ccc1-c1ccc(C2(S(N)(=O)=O)C/C(=N\N)C(=N)c3ccccc32)cc1C. The first-order valence-corrected chi connectivity index (χ1v) is 17.9.